The molecule has 2 heterocycles. The molecule has 0 unspecified atom stereocenters. The van der Waals surface area contributed by atoms with Crippen LogP contribution in [-0.4, -0.2) is 27.9 Å². The fourth-order valence-electron chi connectivity index (χ4n) is 2.79. The molecular formula is C15H17N5. The second kappa shape index (κ2) is 5.74. The van der Waals surface area contributed by atoms with Gasteiger partial charge in [-0.3, -0.25) is 4.68 Å². The lowest BCUT2D eigenvalue weighted by atomic mass is 9.97. The van der Waals surface area contributed by atoms with Crippen molar-refractivity contribution in [2.75, 3.05) is 18.0 Å². The van der Waals surface area contributed by atoms with E-state index in [1.807, 2.05) is 28.9 Å². The van der Waals surface area contributed by atoms with Gasteiger partial charge in [0.05, 0.1) is 11.6 Å². The van der Waals surface area contributed by atoms with Crippen molar-refractivity contribution in [1.82, 2.24) is 14.8 Å². The molecule has 2 aromatic rings. The Morgan fingerprint density at radius 3 is 2.85 bits per heavy atom. The molecule has 20 heavy (non-hydrogen) atoms. The third-order valence-corrected chi connectivity index (χ3v) is 3.79. The van der Waals surface area contributed by atoms with E-state index < -0.39 is 0 Å². The lowest BCUT2D eigenvalue weighted by Crippen LogP contribution is -2.37. The Labute approximate surface area is 118 Å². The second-order valence-corrected chi connectivity index (χ2v) is 5.23. The molecular weight excluding hydrogens is 250 g/mol. The molecule has 1 aliphatic heterocycles. The van der Waals surface area contributed by atoms with Gasteiger partial charge in [0.2, 0.25) is 0 Å². The number of hydrogen-bond acceptors (Lipinski definition) is 4. The Hall–Kier alpha value is -2.35. The van der Waals surface area contributed by atoms with Crippen LogP contribution in [0.2, 0.25) is 0 Å². The van der Waals surface area contributed by atoms with Crippen molar-refractivity contribution in [2.24, 2.45) is 5.92 Å². The highest BCUT2D eigenvalue weighted by Crippen LogP contribution is 2.24. The zero-order valence-corrected chi connectivity index (χ0v) is 11.3. The van der Waals surface area contributed by atoms with Gasteiger partial charge in [0.1, 0.15) is 12.7 Å². The Morgan fingerprint density at radius 1 is 1.30 bits per heavy atom. The third-order valence-electron chi connectivity index (χ3n) is 3.79. The number of piperidine rings is 1. The lowest BCUT2D eigenvalue weighted by Gasteiger charge is -2.34. The SMILES string of the molecule is N#Cc1ccc(N2CCC[C@H](Cn3cncn3)C2)cc1. The average Bonchev–Trinajstić information content (AvgIpc) is 3.01. The van der Waals surface area contributed by atoms with Crippen molar-refractivity contribution in [3.8, 4) is 6.07 Å². The minimum Gasteiger partial charge on any atom is -0.371 e. The molecule has 1 saturated heterocycles. The fraction of sp³-hybridized carbons (Fsp3) is 0.400. The predicted molar refractivity (Wildman–Crippen MR) is 76.1 cm³/mol. The largest absolute Gasteiger partial charge is 0.371 e. The number of benzene rings is 1. The molecule has 1 fully saturated rings. The summed E-state index contributed by atoms with van der Waals surface area (Å²) in [5.41, 5.74) is 1.91. The summed E-state index contributed by atoms with van der Waals surface area (Å²) in [7, 11) is 0. The van der Waals surface area contributed by atoms with E-state index >= 15 is 0 Å². The van der Waals surface area contributed by atoms with Gasteiger partial charge in [-0.15, -0.1) is 0 Å². The topological polar surface area (TPSA) is 57.7 Å². The van der Waals surface area contributed by atoms with Gasteiger partial charge >= 0.3 is 0 Å². The summed E-state index contributed by atoms with van der Waals surface area (Å²) < 4.78 is 1.91. The molecule has 0 radical (unpaired) electrons. The average molecular weight is 267 g/mol. The summed E-state index contributed by atoms with van der Waals surface area (Å²) >= 11 is 0. The highest BCUT2D eigenvalue weighted by atomic mass is 15.3. The number of nitriles is 1. The zero-order valence-electron chi connectivity index (χ0n) is 11.3. The van der Waals surface area contributed by atoms with Crippen LogP contribution < -0.4 is 4.90 Å². The first-order chi connectivity index (χ1) is 9.85. The Bertz CT molecular complexity index is 582. The minimum absolute atomic E-state index is 0.598. The van der Waals surface area contributed by atoms with Crippen LogP contribution in [0.15, 0.2) is 36.9 Å². The molecule has 0 amide bonds. The van der Waals surface area contributed by atoms with Crippen molar-refractivity contribution in [2.45, 2.75) is 19.4 Å². The smallest absolute Gasteiger partial charge is 0.137 e. The summed E-state index contributed by atoms with van der Waals surface area (Å²) in [6.07, 6.45) is 5.79. The molecule has 1 aromatic heterocycles. The first-order valence-corrected chi connectivity index (χ1v) is 6.92. The van der Waals surface area contributed by atoms with Gasteiger partial charge < -0.3 is 4.90 Å². The van der Waals surface area contributed by atoms with E-state index in [1.54, 1.807) is 12.7 Å². The molecule has 0 N–H and O–H groups in total. The van der Waals surface area contributed by atoms with E-state index in [2.05, 4.69) is 21.1 Å². The van der Waals surface area contributed by atoms with Gasteiger partial charge in [-0.05, 0) is 43.0 Å². The standard InChI is InChI=1S/C15H17N5/c16-8-13-3-5-15(6-4-13)19-7-1-2-14(9-19)10-20-12-17-11-18-20/h3-6,11-12,14H,1-2,7,9-10H2/t14-/m0/s1. The van der Waals surface area contributed by atoms with Crippen LogP contribution in [0, 0.1) is 17.2 Å². The predicted octanol–water partition coefficient (Wildman–Crippen LogP) is 2.07. The summed E-state index contributed by atoms with van der Waals surface area (Å²) in [4.78, 5) is 6.39. The summed E-state index contributed by atoms with van der Waals surface area (Å²) in [5, 5.41) is 13.0. The Balaban J connectivity index is 1.66. The minimum atomic E-state index is 0.598. The van der Waals surface area contributed by atoms with Crippen LogP contribution in [0.1, 0.15) is 18.4 Å². The number of hydrogen-bond donors (Lipinski definition) is 0. The summed E-state index contributed by atoms with van der Waals surface area (Å²) in [5.74, 6) is 0.598. The van der Waals surface area contributed by atoms with Gasteiger partial charge in [0, 0.05) is 25.3 Å². The van der Waals surface area contributed by atoms with Gasteiger partial charge in [-0.2, -0.15) is 10.4 Å². The first-order valence-electron chi connectivity index (χ1n) is 6.92. The molecule has 1 aliphatic rings. The van der Waals surface area contributed by atoms with Gasteiger partial charge in [0.15, 0.2) is 0 Å². The van der Waals surface area contributed by atoms with E-state index in [-0.39, 0.29) is 0 Å². The van der Waals surface area contributed by atoms with Crippen LogP contribution >= 0.6 is 0 Å². The molecule has 1 atom stereocenters. The lowest BCUT2D eigenvalue weighted by molar-refractivity contribution is 0.351. The Kier molecular flexibility index (Phi) is 3.64. The van der Waals surface area contributed by atoms with E-state index in [1.165, 1.54) is 18.5 Å². The molecule has 0 bridgehead atoms. The van der Waals surface area contributed by atoms with E-state index in [0.29, 0.717) is 11.5 Å². The van der Waals surface area contributed by atoms with Crippen molar-refractivity contribution in [3.63, 3.8) is 0 Å². The molecule has 5 nitrogen and oxygen atoms in total. The fourth-order valence-corrected chi connectivity index (χ4v) is 2.79. The number of aromatic nitrogens is 3. The van der Waals surface area contributed by atoms with Crippen LogP contribution in [-0.2, 0) is 6.54 Å². The maximum Gasteiger partial charge on any atom is 0.137 e. The third kappa shape index (κ3) is 2.80. The molecule has 0 saturated carbocycles. The summed E-state index contributed by atoms with van der Waals surface area (Å²) in [6, 6.07) is 10.0. The highest BCUT2D eigenvalue weighted by molar-refractivity contribution is 5.50. The van der Waals surface area contributed by atoms with Crippen molar-refractivity contribution in [3.05, 3.63) is 42.5 Å². The van der Waals surface area contributed by atoms with Crippen molar-refractivity contribution in [1.29, 1.82) is 5.26 Å². The monoisotopic (exact) mass is 267 g/mol. The van der Waals surface area contributed by atoms with E-state index in [0.717, 1.165) is 19.6 Å². The maximum absolute atomic E-state index is 8.85. The number of anilines is 1. The zero-order chi connectivity index (χ0) is 13.8. The van der Waals surface area contributed by atoms with Gasteiger partial charge in [0.25, 0.3) is 0 Å². The second-order valence-electron chi connectivity index (χ2n) is 5.23. The number of rotatable bonds is 3. The molecule has 3 rings (SSSR count). The van der Waals surface area contributed by atoms with Crippen LogP contribution in [0.25, 0.3) is 0 Å². The molecule has 0 aliphatic carbocycles. The molecule has 5 heteroatoms. The molecule has 102 valence electrons. The number of nitrogens with zero attached hydrogens (tertiary/aromatic N) is 5. The molecule has 1 aromatic carbocycles. The van der Waals surface area contributed by atoms with Crippen molar-refractivity contribution >= 4 is 5.69 Å². The van der Waals surface area contributed by atoms with Crippen LogP contribution in [0.3, 0.4) is 0 Å². The van der Waals surface area contributed by atoms with Gasteiger partial charge in [-0.1, -0.05) is 0 Å². The van der Waals surface area contributed by atoms with Gasteiger partial charge in [-0.25, -0.2) is 4.98 Å². The van der Waals surface area contributed by atoms with Crippen LogP contribution in [0.5, 0.6) is 0 Å². The first kappa shape index (κ1) is 12.7. The van der Waals surface area contributed by atoms with Crippen LogP contribution in [0.4, 0.5) is 5.69 Å². The molecule has 0 spiro atoms. The normalized spacial score (nSPS) is 18.8. The van der Waals surface area contributed by atoms with E-state index in [4.69, 9.17) is 5.26 Å². The van der Waals surface area contributed by atoms with E-state index in [9.17, 15) is 0 Å². The quantitative estimate of drug-likeness (QED) is 0.854. The highest BCUT2D eigenvalue weighted by Gasteiger charge is 2.20. The summed E-state index contributed by atoms with van der Waals surface area (Å²) in [6.45, 7) is 3.04. The Morgan fingerprint density at radius 2 is 2.15 bits per heavy atom. The van der Waals surface area contributed by atoms with Crippen molar-refractivity contribution < 1.29 is 0 Å². The maximum atomic E-state index is 8.85.